The zero-order chi connectivity index (χ0) is 18.4. The molecule has 1 unspecified atom stereocenters. The standard InChI is InChI=1S/C21H24N2O3/c24-20(23-12-4-5-13-23)19(14-16-6-2-1-3-7-16)22-15-17-8-10-18(11-9-17)21(25)26/h1-3,6-11,19,22H,4-5,12-15H2,(H,25,26). The molecule has 0 aromatic heterocycles. The van der Waals surface area contributed by atoms with Crippen molar-refractivity contribution in [1.82, 2.24) is 10.2 Å². The van der Waals surface area contributed by atoms with Gasteiger partial charge in [0.15, 0.2) is 0 Å². The Morgan fingerprint density at radius 3 is 2.23 bits per heavy atom. The Labute approximate surface area is 153 Å². The third-order valence-electron chi connectivity index (χ3n) is 4.75. The minimum Gasteiger partial charge on any atom is -0.478 e. The molecule has 1 saturated heterocycles. The molecule has 1 amide bonds. The normalized spacial score (nSPS) is 15.0. The summed E-state index contributed by atoms with van der Waals surface area (Å²) in [5.74, 6) is -0.788. The van der Waals surface area contributed by atoms with Gasteiger partial charge in [0.2, 0.25) is 5.91 Å². The number of carbonyl (C=O) groups excluding carboxylic acids is 1. The van der Waals surface area contributed by atoms with Crippen LogP contribution in [0.25, 0.3) is 0 Å². The Bertz CT molecular complexity index is 738. The van der Waals surface area contributed by atoms with Crippen LogP contribution in [0.15, 0.2) is 54.6 Å². The lowest BCUT2D eigenvalue weighted by Gasteiger charge is -2.24. The molecule has 2 aromatic rings. The molecule has 2 aromatic carbocycles. The quantitative estimate of drug-likeness (QED) is 0.804. The number of nitrogens with zero attached hydrogens (tertiary/aromatic N) is 1. The maximum atomic E-state index is 12.9. The SMILES string of the molecule is O=C(O)c1ccc(CNC(Cc2ccccc2)C(=O)N2CCCC2)cc1. The van der Waals surface area contributed by atoms with Gasteiger partial charge in [-0.15, -0.1) is 0 Å². The number of aromatic carboxylic acids is 1. The summed E-state index contributed by atoms with van der Waals surface area (Å²) in [6.07, 6.45) is 2.78. The van der Waals surface area contributed by atoms with Gasteiger partial charge in [0.25, 0.3) is 0 Å². The Hall–Kier alpha value is -2.66. The topological polar surface area (TPSA) is 69.6 Å². The van der Waals surface area contributed by atoms with Gasteiger partial charge in [-0.3, -0.25) is 4.79 Å². The van der Waals surface area contributed by atoms with Crippen LogP contribution < -0.4 is 5.32 Å². The van der Waals surface area contributed by atoms with Crippen molar-refractivity contribution in [3.63, 3.8) is 0 Å². The average Bonchev–Trinajstić information content (AvgIpc) is 3.20. The summed E-state index contributed by atoms with van der Waals surface area (Å²) in [7, 11) is 0. The fourth-order valence-electron chi connectivity index (χ4n) is 3.26. The average molecular weight is 352 g/mol. The fourth-order valence-corrected chi connectivity index (χ4v) is 3.26. The number of carboxylic acid groups (broad SMARTS) is 1. The van der Waals surface area contributed by atoms with E-state index in [2.05, 4.69) is 5.32 Å². The molecule has 1 aliphatic rings. The van der Waals surface area contributed by atoms with Gasteiger partial charge in [0.05, 0.1) is 11.6 Å². The highest BCUT2D eigenvalue weighted by atomic mass is 16.4. The van der Waals surface area contributed by atoms with Crippen molar-refractivity contribution in [2.24, 2.45) is 0 Å². The number of amides is 1. The first-order chi connectivity index (χ1) is 12.6. The van der Waals surface area contributed by atoms with Crippen LogP contribution in [-0.2, 0) is 17.8 Å². The van der Waals surface area contributed by atoms with Crippen molar-refractivity contribution in [3.8, 4) is 0 Å². The van der Waals surface area contributed by atoms with E-state index in [-0.39, 0.29) is 17.5 Å². The van der Waals surface area contributed by atoms with E-state index < -0.39 is 5.97 Å². The molecule has 0 radical (unpaired) electrons. The Balaban J connectivity index is 1.68. The number of nitrogens with one attached hydrogen (secondary N) is 1. The molecular weight excluding hydrogens is 328 g/mol. The highest BCUT2D eigenvalue weighted by Gasteiger charge is 2.26. The zero-order valence-corrected chi connectivity index (χ0v) is 14.7. The molecule has 2 N–H and O–H groups in total. The van der Waals surface area contributed by atoms with Crippen molar-refractivity contribution >= 4 is 11.9 Å². The second-order valence-electron chi connectivity index (χ2n) is 6.66. The number of hydrogen-bond acceptors (Lipinski definition) is 3. The predicted molar refractivity (Wildman–Crippen MR) is 100.0 cm³/mol. The molecule has 1 atom stereocenters. The molecule has 136 valence electrons. The van der Waals surface area contributed by atoms with Gasteiger partial charge >= 0.3 is 5.97 Å². The summed E-state index contributed by atoms with van der Waals surface area (Å²) < 4.78 is 0. The lowest BCUT2D eigenvalue weighted by Crippen LogP contribution is -2.46. The van der Waals surface area contributed by atoms with Crippen molar-refractivity contribution in [2.45, 2.75) is 31.8 Å². The zero-order valence-electron chi connectivity index (χ0n) is 14.7. The lowest BCUT2D eigenvalue weighted by molar-refractivity contribution is -0.132. The van der Waals surface area contributed by atoms with Crippen LogP contribution in [0, 0.1) is 0 Å². The molecule has 0 aliphatic carbocycles. The monoisotopic (exact) mass is 352 g/mol. The molecular formula is C21H24N2O3. The second kappa shape index (κ2) is 8.63. The highest BCUT2D eigenvalue weighted by molar-refractivity contribution is 5.87. The van der Waals surface area contributed by atoms with E-state index in [1.165, 1.54) is 0 Å². The van der Waals surface area contributed by atoms with Crippen LogP contribution >= 0.6 is 0 Å². The second-order valence-corrected chi connectivity index (χ2v) is 6.66. The summed E-state index contributed by atoms with van der Waals surface area (Å²) in [6, 6.07) is 16.5. The molecule has 1 aliphatic heterocycles. The Morgan fingerprint density at radius 2 is 1.62 bits per heavy atom. The maximum absolute atomic E-state index is 12.9. The summed E-state index contributed by atoms with van der Waals surface area (Å²) in [5, 5.41) is 12.4. The van der Waals surface area contributed by atoms with E-state index >= 15 is 0 Å². The predicted octanol–water partition coefficient (Wildman–Crippen LogP) is 2.71. The third kappa shape index (κ3) is 4.70. The van der Waals surface area contributed by atoms with Crippen LogP contribution in [0.4, 0.5) is 0 Å². The third-order valence-corrected chi connectivity index (χ3v) is 4.75. The summed E-state index contributed by atoms with van der Waals surface area (Å²) in [5.41, 5.74) is 2.35. The van der Waals surface area contributed by atoms with Crippen molar-refractivity contribution in [3.05, 3.63) is 71.3 Å². The number of benzene rings is 2. The maximum Gasteiger partial charge on any atom is 0.335 e. The molecule has 0 spiro atoms. The fraction of sp³-hybridized carbons (Fsp3) is 0.333. The van der Waals surface area contributed by atoms with E-state index in [1.54, 1.807) is 24.3 Å². The molecule has 1 fully saturated rings. The van der Waals surface area contributed by atoms with E-state index in [1.807, 2.05) is 35.2 Å². The van der Waals surface area contributed by atoms with Crippen molar-refractivity contribution in [1.29, 1.82) is 0 Å². The summed E-state index contributed by atoms with van der Waals surface area (Å²) >= 11 is 0. The molecule has 26 heavy (non-hydrogen) atoms. The van der Waals surface area contributed by atoms with Crippen LogP contribution in [-0.4, -0.2) is 41.0 Å². The number of likely N-dealkylation sites (tertiary alicyclic amines) is 1. The van der Waals surface area contributed by atoms with Gasteiger partial charge in [-0.1, -0.05) is 42.5 Å². The van der Waals surface area contributed by atoms with Gasteiger partial charge in [-0.2, -0.15) is 0 Å². The first-order valence-electron chi connectivity index (χ1n) is 9.02. The van der Waals surface area contributed by atoms with E-state index in [9.17, 15) is 9.59 Å². The summed E-state index contributed by atoms with van der Waals surface area (Å²) in [6.45, 7) is 2.19. The molecule has 5 nitrogen and oxygen atoms in total. The molecule has 0 bridgehead atoms. The Kier molecular flexibility index (Phi) is 6.02. The number of carboxylic acids is 1. The van der Waals surface area contributed by atoms with Crippen molar-refractivity contribution in [2.75, 3.05) is 13.1 Å². The van der Waals surface area contributed by atoms with E-state index in [4.69, 9.17) is 5.11 Å². The summed E-state index contributed by atoms with van der Waals surface area (Å²) in [4.78, 5) is 25.8. The number of carbonyl (C=O) groups is 2. The molecule has 0 saturated carbocycles. The van der Waals surface area contributed by atoms with Gasteiger partial charge in [-0.25, -0.2) is 4.79 Å². The van der Waals surface area contributed by atoms with Crippen LogP contribution in [0.5, 0.6) is 0 Å². The van der Waals surface area contributed by atoms with Crippen molar-refractivity contribution < 1.29 is 14.7 Å². The number of hydrogen-bond donors (Lipinski definition) is 2. The van der Waals surface area contributed by atoms with Gasteiger partial charge in [0, 0.05) is 19.6 Å². The minimum absolute atomic E-state index is 0.147. The molecule has 5 heteroatoms. The first kappa shape index (κ1) is 18.1. The molecule has 1 heterocycles. The highest BCUT2D eigenvalue weighted by Crippen LogP contribution is 2.13. The van der Waals surface area contributed by atoms with E-state index in [0.717, 1.165) is 37.1 Å². The smallest absolute Gasteiger partial charge is 0.335 e. The molecule has 3 rings (SSSR count). The first-order valence-corrected chi connectivity index (χ1v) is 9.02. The van der Waals surface area contributed by atoms with Gasteiger partial charge in [-0.05, 0) is 42.5 Å². The van der Waals surface area contributed by atoms with Crippen LogP contribution in [0.3, 0.4) is 0 Å². The minimum atomic E-state index is -0.935. The van der Waals surface area contributed by atoms with Crippen LogP contribution in [0.2, 0.25) is 0 Å². The van der Waals surface area contributed by atoms with Gasteiger partial charge in [0.1, 0.15) is 0 Å². The largest absolute Gasteiger partial charge is 0.478 e. The number of rotatable bonds is 7. The lowest BCUT2D eigenvalue weighted by atomic mass is 10.0. The Morgan fingerprint density at radius 1 is 0.962 bits per heavy atom. The van der Waals surface area contributed by atoms with Crippen LogP contribution in [0.1, 0.15) is 34.3 Å². The van der Waals surface area contributed by atoms with E-state index in [0.29, 0.717) is 13.0 Å². The van der Waals surface area contributed by atoms with Gasteiger partial charge < -0.3 is 15.3 Å².